The van der Waals surface area contributed by atoms with E-state index in [0.29, 0.717) is 11.5 Å². The number of oxazole rings is 1. The van der Waals surface area contributed by atoms with E-state index in [4.69, 9.17) is 15.1 Å². The average molecular weight is 232 g/mol. The molecule has 74 valence electrons. The zero-order valence-corrected chi connectivity index (χ0v) is 8.76. The standard InChI is InChI=1S/C8H6ClNO3S/c1-5-10-8-6(13-5)3-2-4-7(8)14(9,11)12/h2-4H,1H3. The van der Waals surface area contributed by atoms with E-state index in [1.165, 1.54) is 6.07 Å². The maximum Gasteiger partial charge on any atom is 0.263 e. The molecule has 2 aromatic rings. The van der Waals surface area contributed by atoms with E-state index in [1.807, 2.05) is 0 Å². The highest BCUT2D eigenvalue weighted by Gasteiger charge is 2.17. The first-order valence-corrected chi connectivity index (χ1v) is 6.10. The summed E-state index contributed by atoms with van der Waals surface area (Å²) < 4.78 is 27.4. The van der Waals surface area contributed by atoms with Crippen LogP contribution in [-0.2, 0) is 9.05 Å². The van der Waals surface area contributed by atoms with Crippen molar-refractivity contribution in [3.63, 3.8) is 0 Å². The molecule has 0 aliphatic carbocycles. The molecule has 14 heavy (non-hydrogen) atoms. The highest BCUT2D eigenvalue weighted by atomic mass is 35.7. The van der Waals surface area contributed by atoms with Crippen LogP contribution >= 0.6 is 10.7 Å². The number of aromatic nitrogens is 1. The topological polar surface area (TPSA) is 60.2 Å². The Bertz CT molecular complexity index is 588. The van der Waals surface area contributed by atoms with E-state index in [-0.39, 0.29) is 10.4 Å². The lowest BCUT2D eigenvalue weighted by Crippen LogP contribution is -1.91. The van der Waals surface area contributed by atoms with Crippen LogP contribution in [0.4, 0.5) is 0 Å². The first-order valence-electron chi connectivity index (χ1n) is 3.79. The molecule has 0 saturated heterocycles. The van der Waals surface area contributed by atoms with Gasteiger partial charge in [0.25, 0.3) is 9.05 Å². The van der Waals surface area contributed by atoms with Crippen LogP contribution in [0.2, 0.25) is 0 Å². The Morgan fingerprint density at radius 3 is 2.79 bits per heavy atom. The minimum atomic E-state index is -3.77. The second-order valence-corrected chi connectivity index (χ2v) is 5.31. The van der Waals surface area contributed by atoms with Crippen LogP contribution in [0, 0.1) is 6.92 Å². The van der Waals surface area contributed by atoms with Gasteiger partial charge in [-0.1, -0.05) is 6.07 Å². The van der Waals surface area contributed by atoms with E-state index in [0.717, 1.165) is 0 Å². The predicted molar refractivity (Wildman–Crippen MR) is 51.8 cm³/mol. The van der Waals surface area contributed by atoms with E-state index >= 15 is 0 Å². The summed E-state index contributed by atoms with van der Waals surface area (Å²) in [5, 5.41) is 0. The van der Waals surface area contributed by atoms with Crippen LogP contribution < -0.4 is 0 Å². The van der Waals surface area contributed by atoms with Crippen molar-refractivity contribution in [1.82, 2.24) is 4.98 Å². The number of benzene rings is 1. The molecule has 2 rings (SSSR count). The predicted octanol–water partition coefficient (Wildman–Crippen LogP) is 2.06. The van der Waals surface area contributed by atoms with Crippen molar-refractivity contribution >= 4 is 30.8 Å². The van der Waals surface area contributed by atoms with Gasteiger partial charge in [-0.15, -0.1) is 0 Å². The molecule has 0 spiro atoms. The number of hydrogen-bond acceptors (Lipinski definition) is 4. The molecule has 0 aliphatic rings. The quantitative estimate of drug-likeness (QED) is 0.705. The third kappa shape index (κ3) is 1.49. The van der Waals surface area contributed by atoms with E-state index < -0.39 is 9.05 Å². The molecule has 0 unspecified atom stereocenters. The van der Waals surface area contributed by atoms with Crippen LogP contribution in [0.15, 0.2) is 27.5 Å². The van der Waals surface area contributed by atoms with Gasteiger partial charge in [-0.25, -0.2) is 13.4 Å². The van der Waals surface area contributed by atoms with Crippen molar-refractivity contribution in [3.8, 4) is 0 Å². The number of hydrogen-bond donors (Lipinski definition) is 0. The SMILES string of the molecule is Cc1nc2c(S(=O)(=O)Cl)cccc2o1. The van der Waals surface area contributed by atoms with E-state index in [1.54, 1.807) is 19.1 Å². The molecule has 1 aromatic heterocycles. The van der Waals surface area contributed by atoms with Gasteiger partial charge in [0.15, 0.2) is 11.5 Å². The lowest BCUT2D eigenvalue weighted by atomic mass is 10.3. The number of nitrogens with zero attached hydrogens (tertiary/aromatic N) is 1. The van der Waals surface area contributed by atoms with Crippen molar-refractivity contribution in [2.24, 2.45) is 0 Å². The van der Waals surface area contributed by atoms with Crippen LogP contribution in [0.5, 0.6) is 0 Å². The first kappa shape index (κ1) is 9.48. The van der Waals surface area contributed by atoms with Crippen molar-refractivity contribution in [3.05, 3.63) is 24.1 Å². The Hall–Kier alpha value is -1.07. The Kier molecular flexibility index (Phi) is 2.01. The fraction of sp³-hybridized carbons (Fsp3) is 0.125. The lowest BCUT2D eigenvalue weighted by molar-refractivity contribution is 0.561. The Balaban J connectivity index is 2.90. The molecule has 1 heterocycles. The smallest absolute Gasteiger partial charge is 0.263 e. The molecule has 1 aromatic carbocycles. The molecule has 4 nitrogen and oxygen atoms in total. The summed E-state index contributed by atoms with van der Waals surface area (Å²) in [7, 11) is 1.47. The van der Waals surface area contributed by atoms with E-state index in [2.05, 4.69) is 4.98 Å². The molecule has 0 amide bonds. The number of rotatable bonds is 1. The molecule has 0 aliphatic heterocycles. The normalized spacial score (nSPS) is 12.1. The van der Waals surface area contributed by atoms with Crippen LogP contribution in [-0.4, -0.2) is 13.4 Å². The summed E-state index contributed by atoms with van der Waals surface area (Å²) >= 11 is 0. The molecule has 6 heteroatoms. The Morgan fingerprint density at radius 2 is 2.14 bits per heavy atom. The third-order valence-corrected chi connectivity index (χ3v) is 3.11. The molecule has 0 atom stereocenters. The fourth-order valence-corrected chi connectivity index (χ4v) is 2.22. The Morgan fingerprint density at radius 1 is 1.43 bits per heavy atom. The van der Waals surface area contributed by atoms with Gasteiger partial charge < -0.3 is 4.42 Å². The van der Waals surface area contributed by atoms with Gasteiger partial charge in [0.05, 0.1) is 0 Å². The zero-order chi connectivity index (χ0) is 10.3. The van der Waals surface area contributed by atoms with Gasteiger partial charge >= 0.3 is 0 Å². The second-order valence-electron chi connectivity index (χ2n) is 2.77. The number of fused-ring (bicyclic) bond motifs is 1. The minimum absolute atomic E-state index is 0.0199. The minimum Gasteiger partial charge on any atom is -0.441 e. The summed E-state index contributed by atoms with van der Waals surface area (Å²) in [6, 6.07) is 4.59. The van der Waals surface area contributed by atoms with Crippen LogP contribution in [0.1, 0.15) is 5.89 Å². The highest BCUT2D eigenvalue weighted by Crippen LogP contribution is 2.25. The maximum absolute atomic E-state index is 11.1. The number of halogens is 1. The molecule has 0 radical (unpaired) electrons. The van der Waals surface area contributed by atoms with Crippen molar-refractivity contribution in [1.29, 1.82) is 0 Å². The van der Waals surface area contributed by atoms with E-state index in [9.17, 15) is 8.42 Å². The Labute approximate surface area is 84.9 Å². The number of aryl methyl sites for hydroxylation is 1. The third-order valence-electron chi connectivity index (χ3n) is 1.75. The van der Waals surface area contributed by atoms with Gasteiger partial charge in [0, 0.05) is 17.6 Å². The molecule has 0 N–H and O–H groups in total. The molecular formula is C8H6ClNO3S. The molecular weight excluding hydrogens is 226 g/mol. The van der Waals surface area contributed by atoms with Crippen molar-refractivity contribution in [2.45, 2.75) is 11.8 Å². The van der Waals surface area contributed by atoms with Gasteiger partial charge in [0.2, 0.25) is 0 Å². The maximum atomic E-state index is 11.1. The van der Waals surface area contributed by atoms with Gasteiger partial charge in [-0.2, -0.15) is 0 Å². The number of para-hydroxylation sites is 1. The zero-order valence-electron chi connectivity index (χ0n) is 7.19. The second kappa shape index (κ2) is 2.96. The molecule has 0 bridgehead atoms. The van der Waals surface area contributed by atoms with Crippen molar-refractivity contribution in [2.75, 3.05) is 0 Å². The van der Waals surface area contributed by atoms with Crippen molar-refractivity contribution < 1.29 is 12.8 Å². The van der Waals surface area contributed by atoms with Gasteiger partial charge in [0.1, 0.15) is 10.4 Å². The lowest BCUT2D eigenvalue weighted by Gasteiger charge is -1.94. The van der Waals surface area contributed by atoms with Crippen LogP contribution in [0.3, 0.4) is 0 Å². The summed E-state index contributed by atoms with van der Waals surface area (Å²) in [6.07, 6.45) is 0. The van der Waals surface area contributed by atoms with Gasteiger partial charge in [-0.3, -0.25) is 0 Å². The average Bonchev–Trinajstić information content (AvgIpc) is 2.41. The summed E-state index contributed by atoms with van der Waals surface area (Å²) in [5.74, 6) is 0.410. The van der Waals surface area contributed by atoms with Gasteiger partial charge in [-0.05, 0) is 12.1 Å². The summed E-state index contributed by atoms with van der Waals surface area (Å²) in [4.78, 5) is 3.93. The monoisotopic (exact) mass is 231 g/mol. The summed E-state index contributed by atoms with van der Waals surface area (Å²) in [5.41, 5.74) is 0.698. The fourth-order valence-electron chi connectivity index (χ4n) is 1.23. The van der Waals surface area contributed by atoms with Crippen LogP contribution in [0.25, 0.3) is 11.1 Å². The largest absolute Gasteiger partial charge is 0.441 e. The molecule has 0 saturated carbocycles. The first-order chi connectivity index (χ1) is 6.48. The molecule has 0 fully saturated rings. The highest BCUT2D eigenvalue weighted by molar-refractivity contribution is 8.14. The summed E-state index contributed by atoms with van der Waals surface area (Å²) in [6.45, 7) is 1.64.